The van der Waals surface area contributed by atoms with Crippen molar-refractivity contribution in [1.82, 2.24) is 9.80 Å². The molecule has 0 aromatic carbocycles. The number of esters is 1. The summed E-state index contributed by atoms with van der Waals surface area (Å²) in [6, 6.07) is 0. The van der Waals surface area contributed by atoms with Crippen molar-refractivity contribution in [3.8, 4) is 0 Å². The van der Waals surface area contributed by atoms with Gasteiger partial charge in [-0.1, -0.05) is 45.1 Å². The molecule has 46 heavy (non-hydrogen) atoms. The molecule has 3 aliphatic rings. The Bertz CT molecular complexity index is 1100. The summed E-state index contributed by atoms with van der Waals surface area (Å²) in [7, 11) is 2.01. The first-order valence-electron chi connectivity index (χ1n) is 16.9. The molecule has 0 aromatic rings. The van der Waals surface area contributed by atoms with Crippen LogP contribution >= 0.6 is 0 Å². The molecule has 262 valence electrons. The molecule has 0 radical (unpaired) electrons. The Labute approximate surface area is 274 Å². The SMILES string of the molecule is CCC(O)C(C)C1OC1CC(C)(O)C=C/C=C(\C)C1OC(=O)CC(O)CCC(C)(O)C(OC(=O)N2CCCN(C)CC2)/C=C/C1C. The second kappa shape index (κ2) is 16.7. The van der Waals surface area contributed by atoms with Gasteiger partial charge >= 0.3 is 12.1 Å². The van der Waals surface area contributed by atoms with Gasteiger partial charge in [0.15, 0.2) is 6.10 Å². The molecule has 3 heterocycles. The summed E-state index contributed by atoms with van der Waals surface area (Å²) in [5.74, 6) is -0.943. The number of allylic oxidation sites excluding steroid dienone is 2. The van der Waals surface area contributed by atoms with Crippen LogP contribution in [0.2, 0.25) is 0 Å². The number of cyclic esters (lactones) is 1. The summed E-state index contributed by atoms with van der Waals surface area (Å²) >= 11 is 0. The molecule has 1 amide bonds. The zero-order chi connectivity index (χ0) is 34.2. The van der Waals surface area contributed by atoms with Gasteiger partial charge in [-0.3, -0.25) is 4.79 Å². The summed E-state index contributed by atoms with van der Waals surface area (Å²) in [5.41, 5.74) is -1.93. The van der Waals surface area contributed by atoms with Gasteiger partial charge in [0.05, 0.1) is 36.4 Å². The molecule has 3 rings (SSSR count). The fourth-order valence-corrected chi connectivity index (χ4v) is 6.21. The van der Waals surface area contributed by atoms with Gasteiger partial charge in [0.25, 0.3) is 0 Å². The normalized spacial score (nSPS) is 35.6. The largest absolute Gasteiger partial charge is 0.457 e. The van der Waals surface area contributed by atoms with E-state index in [1.807, 2.05) is 34.7 Å². The van der Waals surface area contributed by atoms with Crippen LogP contribution in [0.15, 0.2) is 36.0 Å². The third kappa shape index (κ3) is 11.5. The van der Waals surface area contributed by atoms with E-state index in [2.05, 4.69) is 4.90 Å². The van der Waals surface area contributed by atoms with E-state index in [0.29, 0.717) is 31.5 Å². The van der Waals surface area contributed by atoms with Gasteiger partial charge in [0.2, 0.25) is 0 Å². The van der Waals surface area contributed by atoms with Gasteiger partial charge in [-0.05, 0) is 71.7 Å². The van der Waals surface area contributed by atoms with E-state index in [9.17, 15) is 30.0 Å². The van der Waals surface area contributed by atoms with Gasteiger partial charge in [-0.25, -0.2) is 4.79 Å². The van der Waals surface area contributed by atoms with Gasteiger partial charge in [-0.15, -0.1) is 0 Å². The molecule has 0 spiro atoms. The number of amides is 1. The Morgan fingerprint density at radius 1 is 1.26 bits per heavy atom. The zero-order valence-electron chi connectivity index (χ0n) is 28.8. The van der Waals surface area contributed by atoms with E-state index in [-0.39, 0.29) is 43.3 Å². The van der Waals surface area contributed by atoms with E-state index < -0.39 is 47.7 Å². The highest BCUT2D eigenvalue weighted by molar-refractivity contribution is 5.70. The minimum Gasteiger partial charge on any atom is -0.457 e. The molecule has 10 unspecified atom stereocenters. The molecule has 0 bridgehead atoms. The van der Waals surface area contributed by atoms with Crippen molar-refractivity contribution < 1.29 is 44.2 Å². The topological polar surface area (TPSA) is 153 Å². The fraction of sp³-hybridized carbons (Fsp3) is 0.771. The van der Waals surface area contributed by atoms with Crippen molar-refractivity contribution in [1.29, 1.82) is 0 Å². The summed E-state index contributed by atoms with van der Waals surface area (Å²) in [6.45, 7) is 13.6. The fourth-order valence-electron chi connectivity index (χ4n) is 6.21. The number of hydrogen-bond donors (Lipinski definition) is 4. The molecule has 11 heteroatoms. The Morgan fingerprint density at radius 2 is 1.98 bits per heavy atom. The van der Waals surface area contributed by atoms with Crippen molar-refractivity contribution in [2.24, 2.45) is 11.8 Å². The number of epoxide rings is 1. The Balaban J connectivity index is 1.75. The lowest BCUT2D eigenvalue weighted by molar-refractivity contribution is -0.151. The van der Waals surface area contributed by atoms with Crippen LogP contribution in [-0.4, -0.2) is 123 Å². The first-order chi connectivity index (χ1) is 21.5. The maximum atomic E-state index is 13.2. The van der Waals surface area contributed by atoms with Crippen molar-refractivity contribution in [2.75, 3.05) is 33.2 Å². The number of aliphatic hydroxyl groups is 4. The monoisotopic (exact) mass is 650 g/mol. The number of hydrogen-bond acceptors (Lipinski definition) is 10. The van der Waals surface area contributed by atoms with Crippen LogP contribution in [-0.2, 0) is 19.0 Å². The molecule has 11 nitrogen and oxygen atoms in total. The number of rotatable bonds is 9. The molecule has 2 fully saturated rings. The predicted octanol–water partition coefficient (Wildman–Crippen LogP) is 3.35. The molecule has 4 N–H and O–H groups in total. The molecule has 0 aromatic heterocycles. The Morgan fingerprint density at radius 3 is 2.67 bits per heavy atom. The predicted molar refractivity (Wildman–Crippen MR) is 175 cm³/mol. The first-order valence-corrected chi connectivity index (χ1v) is 16.9. The summed E-state index contributed by atoms with van der Waals surface area (Å²) in [6.07, 6.45) is 6.56. The van der Waals surface area contributed by atoms with Crippen molar-refractivity contribution in [3.63, 3.8) is 0 Å². The number of nitrogens with zero attached hydrogens (tertiary/aromatic N) is 2. The summed E-state index contributed by atoms with van der Waals surface area (Å²) < 4.78 is 17.5. The number of carbonyl (C=O) groups is 2. The number of likely N-dealkylation sites (N-methyl/N-ethyl adjacent to an activating group) is 1. The Kier molecular flexibility index (Phi) is 13.9. The van der Waals surface area contributed by atoms with Gasteiger partial charge in [0.1, 0.15) is 11.7 Å². The average molecular weight is 651 g/mol. The van der Waals surface area contributed by atoms with E-state index >= 15 is 0 Å². The van der Waals surface area contributed by atoms with Crippen LogP contribution in [0, 0.1) is 11.8 Å². The highest BCUT2D eigenvalue weighted by Crippen LogP contribution is 2.37. The van der Waals surface area contributed by atoms with Crippen LogP contribution in [0.5, 0.6) is 0 Å². The van der Waals surface area contributed by atoms with Gasteiger partial charge in [-0.2, -0.15) is 0 Å². The maximum Gasteiger partial charge on any atom is 0.410 e. The Hall–Kier alpha value is -2.28. The standard InChI is InChI=1S/C35H58N2O9/c1-8-27(39)25(4)32-28(44-32)22-34(5,42)15-9-11-23(2)31-24(3)12-13-29(35(6,43)16-14-26(38)21-30(40)46-31)45-33(41)37-18-10-17-36(7)19-20-37/h9,11-13,15,24-29,31-32,38-39,42-43H,8,10,14,16-22H2,1-7H3/b13-12+,15-9?,23-11+. The van der Waals surface area contributed by atoms with Crippen LogP contribution in [0.3, 0.4) is 0 Å². The third-order valence-electron chi connectivity index (χ3n) is 9.57. The number of carbonyl (C=O) groups excluding carboxylic acids is 2. The first kappa shape index (κ1) is 38.2. The van der Waals surface area contributed by atoms with Crippen LogP contribution in [0.25, 0.3) is 0 Å². The zero-order valence-corrected chi connectivity index (χ0v) is 28.8. The van der Waals surface area contributed by atoms with Crippen LogP contribution in [0.4, 0.5) is 4.79 Å². The minimum atomic E-state index is -1.48. The van der Waals surface area contributed by atoms with Gasteiger partial charge < -0.3 is 44.4 Å². The number of ether oxygens (including phenoxy) is 3. The number of aliphatic hydroxyl groups excluding tert-OH is 2. The van der Waals surface area contributed by atoms with E-state index in [1.165, 1.54) is 0 Å². The van der Waals surface area contributed by atoms with E-state index in [4.69, 9.17) is 14.2 Å². The minimum absolute atomic E-state index is 0.0103. The van der Waals surface area contributed by atoms with Crippen molar-refractivity contribution >= 4 is 12.1 Å². The smallest absolute Gasteiger partial charge is 0.410 e. The second-order valence-corrected chi connectivity index (χ2v) is 14.2. The van der Waals surface area contributed by atoms with E-state index in [0.717, 1.165) is 19.5 Å². The van der Waals surface area contributed by atoms with Gasteiger partial charge in [0, 0.05) is 37.9 Å². The van der Waals surface area contributed by atoms with Crippen molar-refractivity contribution in [3.05, 3.63) is 36.0 Å². The summed E-state index contributed by atoms with van der Waals surface area (Å²) in [4.78, 5) is 29.8. The molecule has 0 saturated carbocycles. The summed E-state index contributed by atoms with van der Waals surface area (Å²) in [5, 5.41) is 43.1. The molecule has 2 saturated heterocycles. The molecule has 0 aliphatic carbocycles. The van der Waals surface area contributed by atoms with Crippen molar-refractivity contribution in [2.45, 2.75) is 128 Å². The van der Waals surface area contributed by atoms with E-state index in [1.54, 1.807) is 49.1 Å². The average Bonchev–Trinajstić information content (AvgIpc) is 3.77. The lowest BCUT2D eigenvalue weighted by atomic mass is 9.88. The highest BCUT2D eigenvalue weighted by Gasteiger charge is 2.47. The van der Waals surface area contributed by atoms with Crippen LogP contribution in [0.1, 0.15) is 80.1 Å². The molecular weight excluding hydrogens is 592 g/mol. The third-order valence-corrected chi connectivity index (χ3v) is 9.57. The molecule has 3 aliphatic heterocycles. The lowest BCUT2D eigenvalue weighted by Gasteiger charge is -2.34. The lowest BCUT2D eigenvalue weighted by Crippen LogP contribution is -2.45. The quantitative estimate of drug-likeness (QED) is 0.127. The molecule has 10 atom stereocenters. The maximum absolute atomic E-state index is 13.2. The second-order valence-electron chi connectivity index (χ2n) is 14.2. The molecular formula is C35H58N2O9. The highest BCUT2D eigenvalue weighted by atomic mass is 16.6. The van der Waals surface area contributed by atoms with Crippen LogP contribution < -0.4 is 0 Å².